The Bertz CT molecular complexity index is 648. The topological polar surface area (TPSA) is 74.7 Å². The quantitative estimate of drug-likeness (QED) is 0.904. The Morgan fingerprint density at radius 2 is 2.24 bits per heavy atom. The minimum absolute atomic E-state index is 0.0410. The van der Waals surface area contributed by atoms with E-state index in [2.05, 4.69) is 0 Å². The molecule has 1 atom stereocenters. The van der Waals surface area contributed by atoms with Crippen LogP contribution in [-0.4, -0.2) is 47.9 Å². The molecule has 1 heterocycles. The molecule has 0 saturated carbocycles. The second-order valence-corrected chi connectivity index (χ2v) is 8.46. The van der Waals surface area contributed by atoms with Gasteiger partial charge in [-0.25, -0.2) is 13.2 Å². The smallest absolute Gasteiger partial charge is 0.337 e. The van der Waals surface area contributed by atoms with Gasteiger partial charge in [0.1, 0.15) is 0 Å². The monoisotopic (exact) mass is 349 g/mol. The maximum Gasteiger partial charge on any atom is 0.337 e. The van der Waals surface area contributed by atoms with Crippen LogP contribution in [0.15, 0.2) is 23.1 Å². The second-order valence-electron chi connectivity index (χ2n) is 4.71. The van der Waals surface area contributed by atoms with Crippen molar-refractivity contribution in [2.24, 2.45) is 0 Å². The van der Waals surface area contributed by atoms with Crippen LogP contribution in [0.25, 0.3) is 0 Å². The molecule has 1 aromatic rings. The van der Waals surface area contributed by atoms with Gasteiger partial charge in [0.25, 0.3) is 0 Å². The molecule has 2 rings (SSSR count). The van der Waals surface area contributed by atoms with Crippen molar-refractivity contribution in [1.82, 2.24) is 4.31 Å². The van der Waals surface area contributed by atoms with Crippen LogP contribution >= 0.6 is 23.4 Å². The molecule has 21 heavy (non-hydrogen) atoms. The van der Waals surface area contributed by atoms with E-state index in [1.807, 2.05) is 6.92 Å². The van der Waals surface area contributed by atoms with Crippen LogP contribution in [0, 0.1) is 0 Å². The lowest BCUT2D eigenvalue weighted by Crippen LogP contribution is -2.41. The maximum atomic E-state index is 12.6. The van der Waals surface area contributed by atoms with Gasteiger partial charge in [-0.2, -0.15) is 16.1 Å². The summed E-state index contributed by atoms with van der Waals surface area (Å²) in [6.07, 6.45) is 0.912. The van der Waals surface area contributed by atoms with Gasteiger partial charge in [0, 0.05) is 24.1 Å². The number of hydrogen-bond acceptors (Lipinski definition) is 4. The number of benzene rings is 1. The molecule has 1 aromatic carbocycles. The molecule has 0 radical (unpaired) electrons. The van der Waals surface area contributed by atoms with E-state index in [-0.39, 0.29) is 15.5 Å². The first-order valence-electron chi connectivity index (χ1n) is 6.51. The van der Waals surface area contributed by atoms with Crippen LogP contribution in [0.3, 0.4) is 0 Å². The van der Waals surface area contributed by atoms with Crippen molar-refractivity contribution in [3.63, 3.8) is 0 Å². The van der Waals surface area contributed by atoms with Crippen molar-refractivity contribution in [2.75, 3.05) is 18.8 Å². The fourth-order valence-corrected chi connectivity index (χ4v) is 5.37. The molecule has 1 aliphatic heterocycles. The molecule has 1 N–H and O–H groups in total. The van der Waals surface area contributed by atoms with Gasteiger partial charge in [-0.3, -0.25) is 0 Å². The van der Waals surface area contributed by atoms with Crippen molar-refractivity contribution in [1.29, 1.82) is 0 Å². The van der Waals surface area contributed by atoms with Gasteiger partial charge in [-0.1, -0.05) is 18.5 Å². The molecule has 1 fully saturated rings. The molecule has 116 valence electrons. The first-order valence-corrected chi connectivity index (χ1v) is 9.37. The van der Waals surface area contributed by atoms with Gasteiger partial charge >= 0.3 is 5.97 Å². The molecule has 1 saturated heterocycles. The molecule has 8 heteroatoms. The second kappa shape index (κ2) is 6.56. The van der Waals surface area contributed by atoms with Crippen LogP contribution in [0.4, 0.5) is 0 Å². The summed E-state index contributed by atoms with van der Waals surface area (Å²) < 4.78 is 26.6. The number of hydrogen-bond donors (Lipinski definition) is 1. The lowest BCUT2D eigenvalue weighted by atomic mass is 10.2. The van der Waals surface area contributed by atoms with Gasteiger partial charge in [-0.15, -0.1) is 0 Å². The predicted octanol–water partition coefficient (Wildman–Crippen LogP) is 2.55. The molecule has 0 bridgehead atoms. The van der Waals surface area contributed by atoms with Crippen LogP contribution in [-0.2, 0) is 10.0 Å². The summed E-state index contributed by atoms with van der Waals surface area (Å²) in [5.41, 5.74) is -0.101. The van der Waals surface area contributed by atoms with E-state index in [1.165, 1.54) is 22.5 Å². The lowest BCUT2D eigenvalue weighted by molar-refractivity contribution is 0.0697. The molecular weight excluding hydrogens is 334 g/mol. The summed E-state index contributed by atoms with van der Waals surface area (Å²) in [6, 6.07) is 3.74. The van der Waals surface area contributed by atoms with Crippen molar-refractivity contribution in [3.8, 4) is 0 Å². The number of carboxylic acids is 1. The highest BCUT2D eigenvalue weighted by molar-refractivity contribution is 8.00. The van der Waals surface area contributed by atoms with Gasteiger partial charge in [0.05, 0.1) is 15.5 Å². The van der Waals surface area contributed by atoms with Gasteiger partial charge in [-0.05, 0) is 24.6 Å². The SMILES string of the molecule is CCC1CN(S(=O)(=O)c2ccc(C(=O)O)c(Cl)c2)CCS1. The fourth-order valence-electron chi connectivity index (χ4n) is 2.14. The number of halogens is 1. The Balaban J connectivity index is 2.31. The van der Waals surface area contributed by atoms with Crippen molar-refractivity contribution >= 4 is 39.4 Å². The summed E-state index contributed by atoms with van der Waals surface area (Å²) in [7, 11) is -3.63. The zero-order valence-electron chi connectivity index (χ0n) is 11.5. The summed E-state index contributed by atoms with van der Waals surface area (Å²) in [4.78, 5) is 11.0. The van der Waals surface area contributed by atoms with Gasteiger partial charge < -0.3 is 5.11 Å². The molecule has 0 amide bonds. The van der Waals surface area contributed by atoms with E-state index in [4.69, 9.17) is 16.7 Å². The number of rotatable bonds is 4. The highest BCUT2D eigenvalue weighted by Gasteiger charge is 2.30. The number of thioether (sulfide) groups is 1. The molecule has 1 aliphatic rings. The normalized spacial score (nSPS) is 20.4. The Morgan fingerprint density at radius 1 is 1.52 bits per heavy atom. The maximum absolute atomic E-state index is 12.6. The van der Waals surface area contributed by atoms with Crippen LogP contribution in [0.2, 0.25) is 5.02 Å². The number of sulfonamides is 1. The van der Waals surface area contributed by atoms with E-state index in [0.29, 0.717) is 18.3 Å². The minimum atomic E-state index is -3.63. The highest BCUT2D eigenvalue weighted by Crippen LogP contribution is 2.28. The van der Waals surface area contributed by atoms with Crippen LogP contribution < -0.4 is 0 Å². The zero-order chi connectivity index (χ0) is 15.6. The summed E-state index contributed by atoms with van der Waals surface area (Å²) in [5, 5.41) is 9.15. The largest absolute Gasteiger partial charge is 0.478 e. The van der Waals surface area contributed by atoms with E-state index in [1.54, 1.807) is 11.8 Å². The van der Waals surface area contributed by atoms with Crippen molar-refractivity contribution in [3.05, 3.63) is 28.8 Å². The van der Waals surface area contributed by atoms with Crippen LogP contribution in [0.1, 0.15) is 23.7 Å². The first kappa shape index (κ1) is 16.6. The molecule has 5 nitrogen and oxygen atoms in total. The molecule has 0 aromatic heterocycles. The first-order chi connectivity index (χ1) is 9.86. The minimum Gasteiger partial charge on any atom is -0.478 e. The van der Waals surface area contributed by atoms with E-state index in [9.17, 15) is 13.2 Å². The molecule has 1 unspecified atom stereocenters. The summed E-state index contributed by atoms with van der Waals surface area (Å²) in [5.74, 6) is -0.414. The number of nitrogens with zero attached hydrogens (tertiary/aromatic N) is 1. The third-order valence-corrected chi connectivity index (χ3v) is 6.91. The zero-order valence-corrected chi connectivity index (χ0v) is 13.8. The van der Waals surface area contributed by atoms with Crippen molar-refractivity contribution in [2.45, 2.75) is 23.5 Å². The van der Waals surface area contributed by atoms with Gasteiger partial charge in [0.2, 0.25) is 10.0 Å². The third kappa shape index (κ3) is 3.53. The average molecular weight is 350 g/mol. The standard InChI is InChI=1S/C13H16ClNO4S2/c1-2-9-8-15(5-6-20-9)21(18,19)10-3-4-11(13(16)17)12(14)7-10/h3-4,7,9H,2,5-6,8H2,1H3,(H,16,17). The Hall–Kier alpha value is -0.760. The number of carboxylic acid groups (broad SMARTS) is 1. The van der Waals surface area contributed by atoms with Crippen LogP contribution in [0.5, 0.6) is 0 Å². The average Bonchev–Trinajstić information content (AvgIpc) is 2.46. The summed E-state index contributed by atoms with van der Waals surface area (Å²) in [6.45, 7) is 2.97. The predicted molar refractivity (Wildman–Crippen MR) is 83.7 cm³/mol. The van der Waals surface area contributed by atoms with Gasteiger partial charge in [0.15, 0.2) is 0 Å². The molecule has 0 aliphatic carbocycles. The summed E-state index contributed by atoms with van der Waals surface area (Å²) >= 11 is 7.64. The Labute approximate surface area is 133 Å². The lowest BCUT2D eigenvalue weighted by Gasteiger charge is -2.31. The number of carbonyl (C=O) groups is 1. The number of aromatic carboxylic acids is 1. The Morgan fingerprint density at radius 3 is 2.81 bits per heavy atom. The Kier molecular flexibility index (Phi) is 5.19. The van der Waals surface area contributed by atoms with Crippen molar-refractivity contribution < 1.29 is 18.3 Å². The van der Waals surface area contributed by atoms with E-state index in [0.717, 1.165) is 12.2 Å². The molecule has 0 spiro atoms. The fraction of sp³-hybridized carbons (Fsp3) is 0.462. The third-order valence-electron chi connectivity index (χ3n) is 3.37. The van der Waals surface area contributed by atoms with E-state index >= 15 is 0 Å². The molecular formula is C13H16ClNO4S2. The highest BCUT2D eigenvalue weighted by atomic mass is 35.5. The van der Waals surface area contributed by atoms with E-state index < -0.39 is 16.0 Å².